The number of aromatic amines is 1. The first-order valence-electron chi connectivity index (χ1n) is 8.26. The molecule has 2 rings (SSSR count). The molecule has 1 aromatic heterocycles. The number of nitrogens with one attached hydrogen (secondary N) is 1. The molecule has 10 nitrogen and oxygen atoms in total. The van der Waals surface area contributed by atoms with Crippen molar-refractivity contribution in [3.8, 4) is 17.2 Å². The van der Waals surface area contributed by atoms with Gasteiger partial charge in [0.2, 0.25) is 10.5 Å². The molecule has 0 saturated heterocycles. The van der Waals surface area contributed by atoms with Gasteiger partial charge >= 0.3 is 5.97 Å². The van der Waals surface area contributed by atoms with Gasteiger partial charge in [-0.25, -0.2) is 0 Å². The van der Waals surface area contributed by atoms with Crippen LogP contribution in [0.1, 0.15) is 24.6 Å². The lowest BCUT2D eigenvalue weighted by molar-refractivity contribution is -0.136. The predicted molar refractivity (Wildman–Crippen MR) is 103 cm³/mol. The molecule has 0 aliphatic carbocycles. The third-order valence-corrected chi connectivity index (χ3v) is 3.85. The van der Waals surface area contributed by atoms with Crippen LogP contribution in [-0.2, 0) is 11.2 Å². The summed E-state index contributed by atoms with van der Waals surface area (Å²) in [4.78, 5) is 23.2. The van der Waals surface area contributed by atoms with E-state index in [1.54, 1.807) is 12.1 Å². The minimum absolute atomic E-state index is 0.0230. The highest BCUT2D eigenvalue weighted by atomic mass is 32.1. The quantitative estimate of drug-likeness (QED) is 0.473. The number of hydrogen-bond acceptors (Lipinski definition) is 8. The Balaban J connectivity index is 2.43. The number of carboxylic acid groups (broad SMARTS) is 1. The number of aromatic nitrogens is 3. The van der Waals surface area contributed by atoms with Gasteiger partial charge in [0.1, 0.15) is 5.69 Å². The van der Waals surface area contributed by atoms with E-state index in [2.05, 4.69) is 15.3 Å². The van der Waals surface area contributed by atoms with Gasteiger partial charge < -0.3 is 19.3 Å². The molecule has 0 spiro atoms. The molecule has 0 fully saturated rings. The molecule has 2 N–H and O–H groups in total. The lowest BCUT2D eigenvalue weighted by Gasteiger charge is -2.14. The van der Waals surface area contributed by atoms with Crippen molar-refractivity contribution in [1.29, 1.82) is 0 Å². The van der Waals surface area contributed by atoms with Gasteiger partial charge in [0.15, 0.2) is 11.5 Å². The van der Waals surface area contributed by atoms with Gasteiger partial charge in [-0.05, 0) is 31.3 Å². The summed E-state index contributed by atoms with van der Waals surface area (Å²) in [6, 6.07) is 3.34. The number of aliphatic carboxylic acids is 1. The SMILES string of the molecule is CCOc1c(OC)cc(/C=N\n2c(=S)[nH]nc(CCC(=O)O)c2=O)cc1OC. The largest absolute Gasteiger partial charge is 0.493 e. The van der Waals surface area contributed by atoms with E-state index >= 15 is 0 Å². The number of hydrogen-bond donors (Lipinski definition) is 2. The van der Waals surface area contributed by atoms with E-state index in [0.29, 0.717) is 29.4 Å². The third-order valence-electron chi connectivity index (χ3n) is 3.59. The molecule has 0 aliphatic rings. The van der Waals surface area contributed by atoms with Crippen molar-refractivity contribution >= 4 is 24.4 Å². The second kappa shape index (κ2) is 9.65. The minimum atomic E-state index is -1.03. The van der Waals surface area contributed by atoms with Crippen LogP contribution in [-0.4, -0.2) is 53.0 Å². The van der Waals surface area contributed by atoms with Crippen LogP contribution >= 0.6 is 12.2 Å². The van der Waals surface area contributed by atoms with Crippen molar-refractivity contribution in [2.45, 2.75) is 19.8 Å². The summed E-state index contributed by atoms with van der Waals surface area (Å²) in [5.41, 5.74) is 0.00322. The van der Waals surface area contributed by atoms with Crippen LogP contribution in [0, 0.1) is 4.77 Å². The van der Waals surface area contributed by atoms with Gasteiger partial charge in [0.25, 0.3) is 5.56 Å². The number of carboxylic acids is 1. The molecule has 1 heterocycles. The molecule has 0 saturated carbocycles. The van der Waals surface area contributed by atoms with E-state index in [1.807, 2.05) is 6.92 Å². The Morgan fingerprint density at radius 1 is 1.36 bits per heavy atom. The Kier molecular flexibility index (Phi) is 7.27. The van der Waals surface area contributed by atoms with Crippen molar-refractivity contribution < 1.29 is 24.1 Å². The average molecular weight is 408 g/mol. The minimum Gasteiger partial charge on any atom is -0.493 e. The van der Waals surface area contributed by atoms with Crippen LogP contribution in [0.3, 0.4) is 0 Å². The number of aryl methyl sites for hydroxylation is 1. The molecule has 28 heavy (non-hydrogen) atoms. The summed E-state index contributed by atoms with van der Waals surface area (Å²) in [7, 11) is 2.99. The molecule has 11 heteroatoms. The van der Waals surface area contributed by atoms with Crippen LogP contribution in [0.25, 0.3) is 0 Å². The monoisotopic (exact) mass is 408 g/mol. The summed E-state index contributed by atoms with van der Waals surface area (Å²) in [5.74, 6) is 0.306. The number of benzene rings is 1. The molecule has 0 radical (unpaired) electrons. The smallest absolute Gasteiger partial charge is 0.303 e. The molecular formula is C17H20N4O6S. The topological polar surface area (TPSA) is 128 Å². The number of carbonyl (C=O) groups is 1. The first-order valence-corrected chi connectivity index (χ1v) is 8.67. The maximum Gasteiger partial charge on any atom is 0.303 e. The molecule has 0 unspecified atom stereocenters. The van der Waals surface area contributed by atoms with E-state index in [4.69, 9.17) is 31.5 Å². The average Bonchev–Trinajstić information content (AvgIpc) is 2.67. The first-order chi connectivity index (χ1) is 13.4. The Morgan fingerprint density at radius 3 is 2.54 bits per heavy atom. The van der Waals surface area contributed by atoms with E-state index in [-0.39, 0.29) is 23.3 Å². The number of methoxy groups -OCH3 is 2. The van der Waals surface area contributed by atoms with Crippen LogP contribution < -0.4 is 19.8 Å². The van der Waals surface area contributed by atoms with Crippen LogP contribution in [0.4, 0.5) is 0 Å². The van der Waals surface area contributed by atoms with Crippen molar-refractivity contribution in [1.82, 2.24) is 14.9 Å². The molecule has 0 atom stereocenters. The Labute approximate surface area is 165 Å². The molecule has 0 aliphatic heterocycles. The molecule has 1 aromatic carbocycles. The summed E-state index contributed by atoms with van der Waals surface area (Å²) < 4.78 is 17.1. The Morgan fingerprint density at radius 2 is 2.00 bits per heavy atom. The Hall–Kier alpha value is -3.21. The fourth-order valence-electron chi connectivity index (χ4n) is 2.30. The summed E-state index contributed by atoms with van der Waals surface area (Å²) in [6.45, 7) is 2.27. The predicted octanol–water partition coefficient (Wildman–Crippen LogP) is 1.62. The fraction of sp³-hybridized carbons (Fsp3) is 0.353. The zero-order chi connectivity index (χ0) is 20.7. The van der Waals surface area contributed by atoms with Gasteiger partial charge in [0.05, 0.1) is 33.5 Å². The van der Waals surface area contributed by atoms with Gasteiger partial charge in [-0.2, -0.15) is 14.9 Å². The van der Waals surface area contributed by atoms with Crippen LogP contribution in [0.15, 0.2) is 22.0 Å². The van der Waals surface area contributed by atoms with E-state index in [1.165, 1.54) is 20.4 Å². The van der Waals surface area contributed by atoms with Gasteiger partial charge in [0, 0.05) is 12.0 Å². The van der Waals surface area contributed by atoms with E-state index < -0.39 is 11.5 Å². The second-order valence-corrected chi connectivity index (χ2v) is 5.80. The lowest BCUT2D eigenvalue weighted by Crippen LogP contribution is -2.25. The summed E-state index contributed by atoms with van der Waals surface area (Å²) >= 11 is 5.05. The normalized spacial score (nSPS) is 10.8. The third kappa shape index (κ3) is 4.94. The van der Waals surface area contributed by atoms with E-state index in [9.17, 15) is 9.59 Å². The van der Waals surface area contributed by atoms with Gasteiger partial charge in [-0.1, -0.05) is 0 Å². The standard InChI is InChI=1S/C17H20N4O6S/c1-4-27-15-12(25-2)7-10(8-13(15)26-3)9-18-21-16(24)11(5-6-14(22)23)19-20-17(21)28/h7-9H,4-6H2,1-3H3,(H,20,28)(H,22,23)/b18-9-. The molecule has 150 valence electrons. The highest BCUT2D eigenvalue weighted by Crippen LogP contribution is 2.38. The molecule has 0 bridgehead atoms. The van der Waals surface area contributed by atoms with Crippen molar-refractivity contribution in [2.75, 3.05) is 20.8 Å². The van der Waals surface area contributed by atoms with Crippen LogP contribution in [0.2, 0.25) is 0 Å². The van der Waals surface area contributed by atoms with Crippen molar-refractivity contribution in [3.63, 3.8) is 0 Å². The number of rotatable bonds is 9. The maximum atomic E-state index is 12.4. The van der Waals surface area contributed by atoms with Crippen LogP contribution in [0.5, 0.6) is 17.2 Å². The molecular weight excluding hydrogens is 388 g/mol. The van der Waals surface area contributed by atoms with Gasteiger partial charge in [-0.15, -0.1) is 0 Å². The Bertz CT molecular complexity index is 973. The van der Waals surface area contributed by atoms with Gasteiger partial charge in [-0.3, -0.25) is 14.7 Å². The highest BCUT2D eigenvalue weighted by Gasteiger charge is 2.14. The zero-order valence-corrected chi connectivity index (χ0v) is 16.4. The molecule has 2 aromatic rings. The van der Waals surface area contributed by atoms with Crippen molar-refractivity contribution in [3.05, 3.63) is 38.5 Å². The number of nitrogens with zero attached hydrogens (tertiary/aromatic N) is 3. The first kappa shape index (κ1) is 21.1. The zero-order valence-electron chi connectivity index (χ0n) is 15.6. The number of H-pyrrole nitrogens is 1. The fourth-order valence-corrected chi connectivity index (χ4v) is 2.48. The second-order valence-electron chi connectivity index (χ2n) is 5.42. The highest BCUT2D eigenvalue weighted by molar-refractivity contribution is 7.71. The lowest BCUT2D eigenvalue weighted by atomic mass is 10.2. The van der Waals surface area contributed by atoms with E-state index in [0.717, 1.165) is 4.68 Å². The summed E-state index contributed by atoms with van der Waals surface area (Å²) in [6.07, 6.45) is 1.12. The number of ether oxygens (including phenoxy) is 3. The molecule has 0 amide bonds. The maximum absolute atomic E-state index is 12.4. The summed E-state index contributed by atoms with van der Waals surface area (Å²) in [5, 5.41) is 19.2. The van der Waals surface area contributed by atoms with Crippen molar-refractivity contribution in [2.24, 2.45) is 5.10 Å².